The summed E-state index contributed by atoms with van der Waals surface area (Å²) in [5, 5.41) is 14.7. The predicted molar refractivity (Wildman–Crippen MR) is 167 cm³/mol. The standard InChI is InChI=1S/C37H43NO4/c1-28(24-40-2)25-41-26-29-18-20-30(21-19-29)36-31(22-38-23-35(36)39)27-42-37(32-12-6-3-7-13-32,33-14-8-4-9-15-33)34-16-10-5-11-17-34/h3-21,28,31,35-36,38-39H,22-27H2,1-2H3/t28-,31-,35-,36-/m0/s1. The zero-order valence-corrected chi connectivity index (χ0v) is 24.7. The molecular formula is C37H43NO4. The summed E-state index contributed by atoms with van der Waals surface area (Å²) in [6.45, 7) is 5.82. The third-order valence-electron chi connectivity index (χ3n) is 8.22. The summed E-state index contributed by atoms with van der Waals surface area (Å²) >= 11 is 0. The fourth-order valence-electron chi connectivity index (χ4n) is 6.19. The van der Waals surface area contributed by atoms with E-state index in [9.17, 15) is 5.11 Å². The van der Waals surface area contributed by atoms with Crippen LogP contribution in [0, 0.1) is 11.8 Å². The van der Waals surface area contributed by atoms with E-state index in [0.717, 1.165) is 34.4 Å². The summed E-state index contributed by atoms with van der Waals surface area (Å²) in [5.41, 5.74) is 4.68. The van der Waals surface area contributed by atoms with Gasteiger partial charge in [-0.2, -0.15) is 0 Å². The fourth-order valence-corrected chi connectivity index (χ4v) is 6.19. The number of β-amino-alcohol motifs (C(OH)–C–C–N with tert-alkyl or cyclic N) is 1. The van der Waals surface area contributed by atoms with Crippen molar-refractivity contribution in [3.05, 3.63) is 143 Å². The van der Waals surface area contributed by atoms with Gasteiger partial charge in [0, 0.05) is 38.0 Å². The molecule has 4 atom stereocenters. The van der Waals surface area contributed by atoms with E-state index in [1.54, 1.807) is 7.11 Å². The van der Waals surface area contributed by atoms with Gasteiger partial charge in [-0.05, 0) is 27.8 Å². The molecule has 0 unspecified atom stereocenters. The predicted octanol–water partition coefficient (Wildman–Crippen LogP) is 6.16. The molecule has 0 bridgehead atoms. The Kier molecular flexibility index (Phi) is 10.6. The molecule has 4 aromatic carbocycles. The van der Waals surface area contributed by atoms with Crippen molar-refractivity contribution in [3.63, 3.8) is 0 Å². The van der Waals surface area contributed by atoms with Crippen LogP contribution < -0.4 is 5.32 Å². The Morgan fingerprint density at radius 1 is 0.762 bits per heavy atom. The lowest BCUT2D eigenvalue weighted by molar-refractivity contribution is -0.0322. The van der Waals surface area contributed by atoms with E-state index in [4.69, 9.17) is 14.2 Å². The number of methoxy groups -OCH3 is 1. The van der Waals surface area contributed by atoms with Crippen LogP contribution in [0.1, 0.15) is 40.7 Å². The van der Waals surface area contributed by atoms with Gasteiger partial charge >= 0.3 is 0 Å². The van der Waals surface area contributed by atoms with Gasteiger partial charge < -0.3 is 24.6 Å². The average molecular weight is 566 g/mol. The zero-order chi connectivity index (χ0) is 29.2. The Balaban J connectivity index is 1.40. The summed E-state index contributed by atoms with van der Waals surface area (Å²) < 4.78 is 18.3. The Hall–Kier alpha value is -3.32. The lowest BCUT2D eigenvalue weighted by Gasteiger charge is -2.41. The SMILES string of the molecule is COC[C@H](C)COCc1ccc([C@H]2[C@H](COC(c3ccccc3)(c3ccccc3)c3ccccc3)CNC[C@@H]2O)cc1. The van der Waals surface area contributed by atoms with Crippen LogP contribution >= 0.6 is 0 Å². The Labute approximate surface area is 250 Å². The number of nitrogens with one attached hydrogen (secondary N) is 1. The maximum atomic E-state index is 11.2. The second-order valence-electron chi connectivity index (χ2n) is 11.4. The van der Waals surface area contributed by atoms with Gasteiger partial charge in [-0.1, -0.05) is 122 Å². The first kappa shape index (κ1) is 30.1. The molecule has 2 N–H and O–H groups in total. The average Bonchev–Trinajstić information content (AvgIpc) is 3.04. The summed E-state index contributed by atoms with van der Waals surface area (Å²) in [6.07, 6.45) is -0.510. The van der Waals surface area contributed by atoms with Gasteiger partial charge in [0.05, 0.1) is 32.5 Å². The first-order chi connectivity index (χ1) is 20.6. The number of rotatable bonds is 13. The Bertz CT molecular complexity index is 1230. The van der Waals surface area contributed by atoms with Crippen molar-refractivity contribution in [1.82, 2.24) is 5.32 Å². The largest absolute Gasteiger partial charge is 0.391 e. The number of hydrogen-bond donors (Lipinski definition) is 2. The highest BCUT2D eigenvalue weighted by Crippen LogP contribution is 2.42. The lowest BCUT2D eigenvalue weighted by Crippen LogP contribution is -2.48. The van der Waals surface area contributed by atoms with E-state index < -0.39 is 11.7 Å². The fraction of sp³-hybridized carbons (Fsp3) is 0.351. The van der Waals surface area contributed by atoms with E-state index in [2.05, 4.69) is 109 Å². The van der Waals surface area contributed by atoms with Crippen LogP contribution in [-0.2, 0) is 26.4 Å². The molecule has 1 aliphatic heterocycles. The van der Waals surface area contributed by atoms with Crippen LogP contribution in [0.5, 0.6) is 0 Å². The van der Waals surface area contributed by atoms with Gasteiger partial charge in [-0.15, -0.1) is 0 Å². The molecule has 0 spiro atoms. The molecule has 0 aromatic heterocycles. The maximum absolute atomic E-state index is 11.2. The molecule has 1 saturated heterocycles. The van der Waals surface area contributed by atoms with Crippen LogP contribution in [0.4, 0.5) is 0 Å². The second kappa shape index (κ2) is 14.7. The first-order valence-electron chi connectivity index (χ1n) is 15.0. The number of hydrogen-bond acceptors (Lipinski definition) is 5. The quantitative estimate of drug-likeness (QED) is 0.190. The summed E-state index contributed by atoms with van der Waals surface area (Å²) in [5.74, 6) is 0.374. The van der Waals surface area contributed by atoms with Crippen molar-refractivity contribution < 1.29 is 19.3 Å². The van der Waals surface area contributed by atoms with Crippen LogP contribution in [0.3, 0.4) is 0 Å². The molecule has 1 fully saturated rings. The first-order valence-corrected chi connectivity index (χ1v) is 15.0. The van der Waals surface area contributed by atoms with Gasteiger partial charge in [-0.25, -0.2) is 0 Å². The molecule has 1 heterocycles. The maximum Gasteiger partial charge on any atom is 0.143 e. The van der Waals surface area contributed by atoms with Crippen molar-refractivity contribution in [1.29, 1.82) is 0 Å². The van der Waals surface area contributed by atoms with Gasteiger partial charge in [0.2, 0.25) is 0 Å². The lowest BCUT2D eigenvalue weighted by atomic mass is 9.78. The van der Waals surface area contributed by atoms with E-state index in [0.29, 0.717) is 38.9 Å². The van der Waals surface area contributed by atoms with Crippen molar-refractivity contribution in [3.8, 4) is 0 Å². The third-order valence-corrected chi connectivity index (χ3v) is 8.22. The third kappa shape index (κ3) is 7.00. The highest BCUT2D eigenvalue weighted by molar-refractivity contribution is 5.47. The van der Waals surface area contributed by atoms with Gasteiger partial charge in [0.25, 0.3) is 0 Å². The molecular weight excluding hydrogens is 522 g/mol. The van der Waals surface area contributed by atoms with Gasteiger partial charge in [0.1, 0.15) is 5.60 Å². The monoisotopic (exact) mass is 565 g/mol. The van der Waals surface area contributed by atoms with E-state index in [1.165, 1.54) is 0 Å². The van der Waals surface area contributed by atoms with E-state index in [1.807, 2.05) is 18.2 Å². The molecule has 1 aliphatic rings. The van der Waals surface area contributed by atoms with Crippen LogP contribution in [-0.4, -0.2) is 51.2 Å². The van der Waals surface area contributed by atoms with Gasteiger partial charge in [-0.3, -0.25) is 0 Å². The molecule has 0 aliphatic carbocycles. The number of piperidine rings is 1. The van der Waals surface area contributed by atoms with Crippen molar-refractivity contribution >= 4 is 0 Å². The molecule has 5 rings (SSSR count). The summed E-state index contributed by atoms with van der Waals surface area (Å²) in [6, 6.07) is 39.9. The molecule has 220 valence electrons. The minimum absolute atomic E-state index is 0.0528. The van der Waals surface area contributed by atoms with E-state index >= 15 is 0 Å². The van der Waals surface area contributed by atoms with Crippen LogP contribution in [0.25, 0.3) is 0 Å². The highest BCUT2D eigenvalue weighted by atomic mass is 16.5. The van der Waals surface area contributed by atoms with Gasteiger partial charge in [0.15, 0.2) is 0 Å². The molecule has 5 heteroatoms. The van der Waals surface area contributed by atoms with Crippen molar-refractivity contribution in [2.45, 2.75) is 31.2 Å². The van der Waals surface area contributed by atoms with Crippen molar-refractivity contribution in [2.75, 3.05) is 40.0 Å². The smallest absolute Gasteiger partial charge is 0.143 e. The number of ether oxygens (including phenoxy) is 3. The molecule has 0 amide bonds. The minimum Gasteiger partial charge on any atom is -0.391 e. The zero-order valence-electron chi connectivity index (χ0n) is 24.7. The molecule has 5 nitrogen and oxygen atoms in total. The molecule has 4 aromatic rings. The number of aliphatic hydroxyl groups excluding tert-OH is 1. The molecule has 0 radical (unpaired) electrons. The van der Waals surface area contributed by atoms with Crippen molar-refractivity contribution in [2.24, 2.45) is 11.8 Å². The second-order valence-corrected chi connectivity index (χ2v) is 11.4. The van der Waals surface area contributed by atoms with Crippen LogP contribution in [0.15, 0.2) is 115 Å². The normalized spacial score (nSPS) is 19.8. The summed E-state index contributed by atoms with van der Waals surface area (Å²) in [4.78, 5) is 0. The number of aliphatic hydroxyl groups is 1. The Morgan fingerprint density at radius 2 is 1.31 bits per heavy atom. The Morgan fingerprint density at radius 3 is 1.83 bits per heavy atom. The van der Waals surface area contributed by atoms with Crippen LogP contribution in [0.2, 0.25) is 0 Å². The highest BCUT2D eigenvalue weighted by Gasteiger charge is 2.40. The number of benzene rings is 4. The van der Waals surface area contributed by atoms with E-state index in [-0.39, 0.29) is 11.8 Å². The minimum atomic E-state index is -0.794. The molecule has 0 saturated carbocycles. The molecule has 42 heavy (non-hydrogen) atoms. The topological polar surface area (TPSA) is 60.0 Å². The summed E-state index contributed by atoms with van der Waals surface area (Å²) in [7, 11) is 1.72.